The van der Waals surface area contributed by atoms with Crippen LogP contribution in [0, 0.1) is 24.2 Å². The first kappa shape index (κ1) is 19.5. The minimum absolute atomic E-state index is 0.0560. The van der Waals surface area contributed by atoms with E-state index in [1.807, 2.05) is 6.92 Å². The third kappa shape index (κ3) is 3.61. The molecule has 4 bridgehead atoms. The number of carbonyl (C=O) groups is 2. The van der Waals surface area contributed by atoms with Crippen LogP contribution in [0.5, 0.6) is 0 Å². The van der Waals surface area contributed by atoms with Gasteiger partial charge in [0.2, 0.25) is 11.8 Å². The molecule has 1 N–H and O–H groups in total. The highest BCUT2D eigenvalue weighted by atomic mass is 32.1. The van der Waals surface area contributed by atoms with Crippen molar-refractivity contribution < 1.29 is 9.59 Å². The van der Waals surface area contributed by atoms with Gasteiger partial charge < -0.3 is 10.2 Å². The van der Waals surface area contributed by atoms with Crippen LogP contribution in [0.3, 0.4) is 0 Å². The Kier molecular flexibility index (Phi) is 4.74. The van der Waals surface area contributed by atoms with Crippen molar-refractivity contribution in [2.24, 2.45) is 17.3 Å². The smallest absolute Gasteiger partial charge is 0.228 e. The number of thiazole rings is 1. The number of aromatic nitrogens is 1. The molecular weight excluding hydrogens is 384 g/mol. The third-order valence-electron chi connectivity index (χ3n) is 7.67. The molecule has 7 heteroatoms. The van der Waals surface area contributed by atoms with E-state index in [1.165, 1.54) is 6.42 Å². The molecule has 0 radical (unpaired) electrons. The summed E-state index contributed by atoms with van der Waals surface area (Å²) in [7, 11) is 0. The normalized spacial score (nSPS) is 36.4. The highest BCUT2D eigenvalue weighted by Gasteiger charge is 2.61. The Labute approximate surface area is 177 Å². The lowest BCUT2D eigenvalue weighted by Crippen LogP contribution is -2.66. The Hall–Kier alpha value is -1.47. The van der Waals surface area contributed by atoms with Gasteiger partial charge in [-0.3, -0.25) is 14.5 Å². The maximum absolute atomic E-state index is 13.7. The third-order valence-corrected chi connectivity index (χ3v) is 8.49. The maximum atomic E-state index is 13.7. The first-order valence-electron chi connectivity index (χ1n) is 11.1. The number of piperazine rings is 1. The molecule has 5 fully saturated rings. The average molecular weight is 417 g/mol. The average Bonchev–Trinajstić information content (AvgIpc) is 3.04. The van der Waals surface area contributed by atoms with Crippen molar-refractivity contribution in [2.45, 2.75) is 64.5 Å². The molecule has 2 amide bonds. The monoisotopic (exact) mass is 416 g/mol. The number of amides is 2. The number of rotatable bonds is 4. The van der Waals surface area contributed by atoms with Gasteiger partial charge in [0.15, 0.2) is 0 Å². The van der Waals surface area contributed by atoms with Crippen LogP contribution in [-0.4, -0.2) is 58.3 Å². The van der Waals surface area contributed by atoms with Gasteiger partial charge in [-0.2, -0.15) is 0 Å². The molecule has 0 aromatic carbocycles. The number of hydrogen-bond donors (Lipinski definition) is 1. The van der Waals surface area contributed by atoms with E-state index < -0.39 is 0 Å². The van der Waals surface area contributed by atoms with E-state index in [4.69, 9.17) is 0 Å². The minimum atomic E-state index is -0.235. The molecule has 6 rings (SSSR count). The zero-order valence-corrected chi connectivity index (χ0v) is 18.4. The molecule has 6 nitrogen and oxygen atoms in total. The molecule has 0 unspecified atom stereocenters. The maximum Gasteiger partial charge on any atom is 0.228 e. The SMILES string of the molecule is CC(=O)NC12C[C@@H]3C[C@@H](C1)CC(C(=O)N1CCN(Cc4csc(C)n4)CC1)(C3)C2. The first-order chi connectivity index (χ1) is 13.8. The Bertz CT molecular complexity index is 799. The van der Waals surface area contributed by atoms with E-state index in [9.17, 15) is 9.59 Å². The highest BCUT2D eigenvalue weighted by molar-refractivity contribution is 7.09. The molecule has 0 spiro atoms. The summed E-state index contributed by atoms with van der Waals surface area (Å²) < 4.78 is 0. The quantitative estimate of drug-likeness (QED) is 0.819. The summed E-state index contributed by atoms with van der Waals surface area (Å²) >= 11 is 1.70. The van der Waals surface area contributed by atoms with E-state index in [0.717, 1.165) is 75.5 Å². The van der Waals surface area contributed by atoms with E-state index in [1.54, 1.807) is 18.3 Å². The van der Waals surface area contributed by atoms with E-state index >= 15 is 0 Å². The molecule has 4 aliphatic carbocycles. The molecule has 2 heterocycles. The van der Waals surface area contributed by atoms with Crippen molar-refractivity contribution >= 4 is 23.2 Å². The Balaban J connectivity index is 1.25. The lowest BCUT2D eigenvalue weighted by molar-refractivity contribution is -0.164. The topological polar surface area (TPSA) is 65.5 Å². The van der Waals surface area contributed by atoms with Gasteiger partial charge >= 0.3 is 0 Å². The van der Waals surface area contributed by atoms with Gasteiger partial charge in [-0.05, 0) is 57.3 Å². The van der Waals surface area contributed by atoms with Crippen LogP contribution in [0.25, 0.3) is 0 Å². The Morgan fingerprint density at radius 3 is 2.45 bits per heavy atom. The second-order valence-corrected chi connectivity index (χ2v) is 11.2. The van der Waals surface area contributed by atoms with Crippen molar-refractivity contribution in [1.82, 2.24) is 20.1 Å². The Morgan fingerprint density at radius 1 is 1.17 bits per heavy atom. The summed E-state index contributed by atoms with van der Waals surface area (Å²) in [4.78, 5) is 34.7. The van der Waals surface area contributed by atoms with Crippen molar-refractivity contribution in [3.63, 3.8) is 0 Å². The van der Waals surface area contributed by atoms with Crippen LogP contribution in [-0.2, 0) is 16.1 Å². The van der Waals surface area contributed by atoms with Crippen LogP contribution >= 0.6 is 11.3 Å². The fourth-order valence-electron chi connectivity index (χ4n) is 7.19. The number of aryl methyl sites for hydroxylation is 1. The fraction of sp³-hybridized carbons (Fsp3) is 0.773. The van der Waals surface area contributed by atoms with Crippen LogP contribution in [0.15, 0.2) is 5.38 Å². The zero-order chi connectivity index (χ0) is 20.2. The second kappa shape index (κ2) is 7.05. The molecule has 4 saturated carbocycles. The molecule has 29 heavy (non-hydrogen) atoms. The number of nitrogens with one attached hydrogen (secondary N) is 1. The van der Waals surface area contributed by atoms with Gasteiger partial charge in [-0.1, -0.05) is 0 Å². The highest BCUT2D eigenvalue weighted by Crippen LogP contribution is 2.62. The molecule has 1 aliphatic heterocycles. The number of hydrogen-bond acceptors (Lipinski definition) is 5. The first-order valence-corrected chi connectivity index (χ1v) is 11.9. The molecule has 1 aromatic rings. The predicted octanol–water partition coefficient (Wildman–Crippen LogP) is 2.57. The zero-order valence-electron chi connectivity index (χ0n) is 17.6. The summed E-state index contributed by atoms with van der Waals surface area (Å²) in [5.41, 5.74) is 0.780. The van der Waals surface area contributed by atoms with Gasteiger partial charge in [0.25, 0.3) is 0 Å². The number of carbonyl (C=O) groups excluding carboxylic acids is 2. The predicted molar refractivity (Wildman–Crippen MR) is 112 cm³/mol. The van der Waals surface area contributed by atoms with Gasteiger partial charge in [-0.15, -0.1) is 11.3 Å². The van der Waals surface area contributed by atoms with E-state index in [0.29, 0.717) is 17.7 Å². The van der Waals surface area contributed by atoms with Crippen molar-refractivity contribution in [2.75, 3.05) is 26.2 Å². The van der Waals surface area contributed by atoms with Gasteiger partial charge in [0.05, 0.1) is 16.1 Å². The Morgan fingerprint density at radius 2 is 1.86 bits per heavy atom. The van der Waals surface area contributed by atoms with Crippen LogP contribution in [0.4, 0.5) is 0 Å². The lowest BCUT2D eigenvalue weighted by Gasteiger charge is -2.62. The summed E-state index contributed by atoms with van der Waals surface area (Å²) in [6, 6.07) is 0. The van der Waals surface area contributed by atoms with Gasteiger partial charge in [0, 0.05) is 50.6 Å². The van der Waals surface area contributed by atoms with Crippen molar-refractivity contribution in [3.8, 4) is 0 Å². The van der Waals surface area contributed by atoms with Crippen molar-refractivity contribution in [1.29, 1.82) is 0 Å². The summed E-state index contributed by atoms with van der Waals surface area (Å²) in [5.74, 6) is 1.62. The second-order valence-electron chi connectivity index (χ2n) is 10.1. The summed E-state index contributed by atoms with van der Waals surface area (Å²) in [6.45, 7) is 8.01. The van der Waals surface area contributed by atoms with Crippen LogP contribution < -0.4 is 5.32 Å². The molecular formula is C22H32N4O2S. The van der Waals surface area contributed by atoms with E-state index in [2.05, 4.69) is 25.5 Å². The van der Waals surface area contributed by atoms with Gasteiger partial charge in [0.1, 0.15) is 0 Å². The number of nitrogens with zero attached hydrogens (tertiary/aromatic N) is 3. The standard InChI is InChI=1S/C22H32N4O2S/c1-15(27)24-22-10-17-7-18(11-22)9-21(8-17,14-22)20(28)26-5-3-25(4-6-26)12-19-13-29-16(2)23-19/h13,17-18H,3-12,14H2,1-2H3,(H,24,27)/t17-,18-,21?,22?/m1/s1. The van der Waals surface area contributed by atoms with E-state index in [-0.39, 0.29) is 16.9 Å². The largest absolute Gasteiger partial charge is 0.351 e. The summed E-state index contributed by atoms with van der Waals surface area (Å²) in [6.07, 6.45) is 6.29. The molecule has 158 valence electrons. The molecule has 1 saturated heterocycles. The fourth-order valence-corrected chi connectivity index (χ4v) is 7.79. The summed E-state index contributed by atoms with van der Waals surface area (Å²) in [5, 5.41) is 6.54. The van der Waals surface area contributed by atoms with Gasteiger partial charge in [-0.25, -0.2) is 4.98 Å². The van der Waals surface area contributed by atoms with Crippen LogP contribution in [0.1, 0.15) is 56.2 Å². The molecule has 2 atom stereocenters. The minimum Gasteiger partial charge on any atom is -0.351 e. The van der Waals surface area contributed by atoms with Crippen LogP contribution in [0.2, 0.25) is 0 Å². The molecule has 5 aliphatic rings. The van der Waals surface area contributed by atoms with Crippen molar-refractivity contribution in [3.05, 3.63) is 16.1 Å². The molecule has 1 aromatic heterocycles. The lowest BCUT2D eigenvalue weighted by atomic mass is 9.46.